The van der Waals surface area contributed by atoms with Gasteiger partial charge in [0.05, 0.1) is 6.61 Å². The molecule has 0 atom stereocenters. The van der Waals surface area contributed by atoms with E-state index in [-0.39, 0.29) is 0 Å². The zero-order valence-corrected chi connectivity index (χ0v) is 10.1. The van der Waals surface area contributed by atoms with E-state index in [1.165, 1.54) is 12.8 Å². The number of benzene rings is 1. The van der Waals surface area contributed by atoms with Gasteiger partial charge in [0.25, 0.3) is 0 Å². The molecule has 88 valence electrons. The van der Waals surface area contributed by atoms with E-state index in [9.17, 15) is 0 Å². The molecule has 1 fully saturated rings. The molecule has 0 unspecified atom stereocenters. The van der Waals surface area contributed by atoms with Crippen LogP contribution < -0.4 is 10.5 Å². The molecule has 1 saturated carbocycles. The van der Waals surface area contributed by atoms with E-state index in [4.69, 9.17) is 22.1 Å². The molecule has 0 saturated heterocycles. The van der Waals surface area contributed by atoms with Crippen molar-refractivity contribution in [3.63, 3.8) is 0 Å². The van der Waals surface area contributed by atoms with Gasteiger partial charge in [-0.2, -0.15) is 0 Å². The highest BCUT2D eigenvalue weighted by atomic mass is 35.5. The zero-order chi connectivity index (χ0) is 11.4. The van der Waals surface area contributed by atoms with Crippen molar-refractivity contribution in [2.45, 2.75) is 31.7 Å². The second-order valence-electron chi connectivity index (χ2n) is 4.55. The maximum atomic E-state index is 5.87. The van der Waals surface area contributed by atoms with E-state index >= 15 is 0 Å². The first-order chi connectivity index (χ1) is 7.74. The summed E-state index contributed by atoms with van der Waals surface area (Å²) >= 11 is 5.81. The second kappa shape index (κ2) is 5.55. The third-order valence-corrected chi connectivity index (χ3v) is 3.44. The standard InChI is InChI=1S/C13H18ClNO/c14-11-3-7-13(8-4-11)16-9-10-1-5-12(15)6-2-10/h3-4,7-8,10,12H,1-2,5-6,9,15H2. The van der Waals surface area contributed by atoms with Crippen LogP contribution in [0.1, 0.15) is 25.7 Å². The van der Waals surface area contributed by atoms with Crippen molar-refractivity contribution in [1.82, 2.24) is 0 Å². The van der Waals surface area contributed by atoms with E-state index in [1.54, 1.807) is 0 Å². The summed E-state index contributed by atoms with van der Waals surface area (Å²) in [4.78, 5) is 0. The molecular weight excluding hydrogens is 222 g/mol. The molecule has 1 aromatic carbocycles. The Labute approximate surface area is 102 Å². The van der Waals surface area contributed by atoms with Crippen LogP contribution in [-0.2, 0) is 0 Å². The fourth-order valence-electron chi connectivity index (χ4n) is 2.10. The Hall–Kier alpha value is -0.730. The summed E-state index contributed by atoms with van der Waals surface area (Å²) in [6, 6.07) is 7.95. The number of ether oxygens (including phenoxy) is 1. The lowest BCUT2D eigenvalue weighted by atomic mass is 9.87. The Bertz CT molecular complexity index is 317. The van der Waals surface area contributed by atoms with Crippen LogP contribution in [0.2, 0.25) is 5.02 Å². The number of nitrogens with two attached hydrogens (primary N) is 1. The summed E-state index contributed by atoms with van der Waals surface area (Å²) < 4.78 is 5.74. The maximum Gasteiger partial charge on any atom is 0.119 e. The Morgan fingerprint density at radius 3 is 2.38 bits per heavy atom. The molecule has 0 amide bonds. The van der Waals surface area contributed by atoms with Crippen LogP contribution in [0.3, 0.4) is 0 Å². The van der Waals surface area contributed by atoms with Gasteiger partial charge in [0, 0.05) is 11.1 Å². The molecular formula is C13H18ClNO. The highest BCUT2D eigenvalue weighted by Gasteiger charge is 2.18. The van der Waals surface area contributed by atoms with Crippen molar-refractivity contribution in [1.29, 1.82) is 0 Å². The summed E-state index contributed by atoms with van der Waals surface area (Å²) in [5, 5.41) is 0.746. The molecule has 1 aliphatic rings. The van der Waals surface area contributed by atoms with Crippen molar-refractivity contribution in [2.75, 3.05) is 6.61 Å². The van der Waals surface area contributed by atoms with E-state index < -0.39 is 0 Å². The third-order valence-electron chi connectivity index (χ3n) is 3.19. The number of hydrogen-bond acceptors (Lipinski definition) is 2. The van der Waals surface area contributed by atoms with Gasteiger partial charge in [-0.05, 0) is 55.9 Å². The summed E-state index contributed by atoms with van der Waals surface area (Å²) in [5.74, 6) is 1.56. The molecule has 2 N–H and O–H groups in total. The second-order valence-corrected chi connectivity index (χ2v) is 4.98. The zero-order valence-electron chi connectivity index (χ0n) is 9.36. The van der Waals surface area contributed by atoms with Gasteiger partial charge in [0.15, 0.2) is 0 Å². The first-order valence-corrected chi connectivity index (χ1v) is 6.26. The molecule has 0 heterocycles. The van der Waals surface area contributed by atoms with E-state index in [0.29, 0.717) is 12.0 Å². The first-order valence-electron chi connectivity index (χ1n) is 5.88. The van der Waals surface area contributed by atoms with Gasteiger partial charge in [-0.15, -0.1) is 0 Å². The average Bonchev–Trinajstić information content (AvgIpc) is 2.30. The van der Waals surface area contributed by atoms with Gasteiger partial charge in [-0.1, -0.05) is 11.6 Å². The van der Waals surface area contributed by atoms with Crippen LogP contribution >= 0.6 is 11.6 Å². The first kappa shape index (κ1) is 11.7. The topological polar surface area (TPSA) is 35.2 Å². The number of halogens is 1. The molecule has 2 rings (SSSR count). The van der Waals surface area contributed by atoms with Crippen LogP contribution in [-0.4, -0.2) is 12.6 Å². The molecule has 3 heteroatoms. The molecule has 0 aliphatic heterocycles. The Balaban J connectivity index is 1.77. The van der Waals surface area contributed by atoms with Crippen LogP contribution in [0.5, 0.6) is 5.75 Å². The Morgan fingerprint density at radius 1 is 1.12 bits per heavy atom. The van der Waals surface area contributed by atoms with E-state index in [0.717, 1.165) is 30.2 Å². The van der Waals surface area contributed by atoms with Gasteiger partial charge >= 0.3 is 0 Å². The number of hydrogen-bond donors (Lipinski definition) is 1. The van der Waals surface area contributed by atoms with Gasteiger partial charge in [-0.25, -0.2) is 0 Å². The third kappa shape index (κ3) is 3.39. The normalized spacial score (nSPS) is 25.4. The molecule has 0 aromatic heterocycles. The maximum absolute atomic E-state index is 5.87. The molecule has 0 spiro atoms. The number of rotatable bonds is 3. The monoisotopic (exact) mass is 239 g/mol. The smallest absolute Gasteiger partial charge is 0.119 e. The summed E-state index contributed by atoms with van der Waals surface area (Å²) in [6.45, 7) is 0.800. The molecule has 0 bridgehead atoms. The summed E-state index contributed by atoms with van der Waals surface area (Å²) in [7, 11) is 0. The molecule has 1 aromatic rings. The van der Waals surface area contributed by atoms with Crippen molar-refractivity contribution >= 4 is 11.6 Å². The minimum atomic E-state index is 0.409. The minimum absolute atomic E-state index is 0.409. The fourth-order valence-corrected chi connectivity index (χ4v) is 2.23. The minimum Gasteiger partial charge on any atom is -0.493 e. The lowest BCUT2D eigenvalue weighted by Gasteiger charge is -2.25. The molecule has 2 nitrogen and oxygen atoms in total. The van der Waals surface area contributed by atoms with Crippen LogP contribution in [0.15, 0.2) is 24.3 Å². The fraction of sp³-hybridized carbons (Fsp3) is 0.538. The molecule has 0 radical (unpaired) electrons. The van der Waals surface area contributed by atoms with Crippen LogP contribution in [0.4, 0.5) is 0 Å². The quantitative estimate of drug-likeness (QED) is 0.879. The lowest BCUT2D eigenvalue weighted by molar-refractivity contribution is 0.200. The van der Waals surface area contributed by atoms with Crippen molar-refractivity contribution in [3.8, 4) is 5.75 Å². The van der Waals surface area contributed by atoms with E-state index in [1.807, 2.05) is 24.3 Å². The predicted molar refractivity (Wildman–Crippen MR) is 66.9 cm³/mol. The highest BCUT2D eigenvalue weighted by Crippen LogP contribution is 2.24. The SMILES string of the molecule is NC1CCC(COc2ccc(Cl)cc2)CC1. The van der Waals surface area contributed by atoms with E-state index in [2.05, 4.69) is 0 Å². The summed E-state index contributed by atoms with van der Waals surface area (Å²) in [6.07, 6.45) is 4.65. The van der Waals surface area contributed by atoms with Gasteiger partial charge in [-0.3, -0.25) is 0 Å². The summed E-state index contributed by atoms with van der Waals surface area (Å²) in [5.41, 5.74) is 5.87. The Kier molecular flexibility index (Phi) is 4.08. The van der Waals surface area contributed by atoms with Crippen LogP contribution in [0, 0.1) is 5.92 Å². The van der Waals surface area contributed by atoms with Crippen molar-refractivity contribution in [3.05, 3.63) is 29.3 Å². The Morgan fingerprint density at radius 2 is 1.75 bits per heavy atom. The highest BCUT2D eigenvalue weighted by molar-refractivity contribution is 6.30. The van der Waals surface area contributed by atoms with Crippen LogP contribution in [0.25, 0.3) is 0 Å². The predicted octanol–water partition coefficient (Wildman–Crippen LogP) is 3.24. The molecule has 1 aliphatic carbocycles. The van der Waals surface area contributed by atoms with Crippen molar-refractivity contribution in [2.24, 2.45) is 11.7 Å². The van der Waals surface area contributed by atoms with Gasteiger partial charge < -0.3 is 10.5 Å². The molecule has 16 heavy (non-hydrogen) atoms. The largest absolute Gasteiger partial charge is 0.493 e. The average molecular weight is 240 g/mol. The van der Waals surface area contributed by atoms with Gasteiger partial charge in [0.2, 0.25) is 0 Å². The van der Waals surface area contributed by atoms with Crippen molar-refractivity contribution < 1.29 is 4.74 Å². The lowest BCUT2D eigenvalue weighted by Crippen LogP contribution is -2.28. The van der Waals surface area contributed by atoms with Gasteiger partial charge in [0.1, 0.15) is 5.75 Å².